The smallest absolute Gasteiger partial charge is 0.251 e. The SMILES string of the molecule is Cc1ccc(C(=O)NCc2cc(F)ccc2F)cc1Br. The molecule has 1 N–H and O–H groups in total. The van der Waals surface area contributed by atoms with E-state index in [2.05, 4.69) is 21.2 Å². The normalized spacial score (nSPS) is 10.4. The Morgan fingerprint density at radius 1 is 1.20 bits per heavy atom. The Hall–Kier alpha value is -1.75. The molecule has 2 nitrogen and oxygen atoms in total. The van der Waals surface area contributed by atoms with Gasteiger partial charge in [-0.15, -0.1) is 0 Å². The lowest BCUT2D eigenvalue weighted by Crippen LogP contribution is -2.23. The molecule has 104 valence electrons. The van der Waals surface area contributed by atoms with Crippen molar-refractivity contribution in [2.75, 3.05) is 0 Å². The maximum atomic E-state index is 13.4. The van der Waals surface area contributed by atoms with Crippen LogP contribution in [0.15, 0.2) is 40.9 Å². The van der Waals surface area contributed by atoms with E-state index in [1.165, 1.54) is 0 Å². The van der Waals surface area contributed by atoms with Gasteiger partial charge in [0.2, 0.25) is 0 Å². The molecule has 0 heterocycles. The second-order valence-corrected chi connectivity index (χ2v) is 5.24. The maximum Gasteiger partial charge on any atom is 0.251 e. The molecule has 1 amide bonds. The first-order valence-electron chi connectivity index (χ1n) is 5.95. The van der Waals surface area contributed by atoms with E-state index in [1.54, 1.807) is 12.1 Å². The summed E-state index contributed by atoms with van der Waals surface area (Å²) in [6.45, 7) is 1.85. The Labute approximate surface area is 123 Å². The van der Waals surface area contributed by atoms with Crippen LogP contribution in [0.2, 0.25) is 0 Å². The number of aryl methyl sites for hydroxylation is 1. The van der Waals surface area contributed by atoms with Crippen LogP contribution in [-0.2, 0) is 6.54 Å². The van der Waals surface area contributed by atoms with Crippen molar-refractivity contribution in [1.29, 1.82) is 0 Å². The summed E-state index contributed by atoms with van der Waals surface area (Å²) in [5.74, 6) is -1.42. The third kappa shape index (κ3) is 3.42. The van der Waals surface area contributed by atoms with Gasteiger partial charge in [-0.2, -0.15) is 0 Å². The lowest BCUT2D eigenvalue weighted by molar-refractivity contribution is 0.0950. The second-order valence-electron chi connectivity index (χ2n) is 4.38. The zero-order valence-electron chi connectivity index (χ0n) is 10.7. The molecule has 0 unspecified atom stereocenters. The zero-order valence-corrected chi connectivity index (χ0v) is 12.3. The van der Waals surface area contributed by atoms with Crippen molar-refractivity contribution in [1.82, 2.24) is 5.32 Å². The maximum absolute atomic E-state index is 13.4. The molecule has 0 spiro atoms. The summed E-state index contributed by atoms with van der Waals surface area (Å²) in [6, 6.07) is 8.32. The van der Waals surface area contributed by atoms with Crippen molar-refractivity contribution >= 4 is 21.8 Å². The molecule has 2 aromatic rings. The fraction of sp³-hybridized carbons (Fsp3) is 0.133. The number of benzene rings is 2. The number of carbonyl (C=O) groups is 1. The highest BCUT2D eigenvalue weighted by molar-refractivity contribution is 9.10. The van der Waals surface area contributed by atoms with Crippen LogP contribution in [0, 0.1) is 18.6 Å². The van der Waals surface area contributed by atoms with E-state index in [0.717, 1.165) is 28.2 Å². The summed E-state index contributed by atoms with van der Waals surface area (Å²) in [5, 5.41) is 2.56. The largest absolute Gasteiger partial charge is 0.348 e. The van der Waals surface area contributed by atoms with Gasteiger partial charge in [-0.05, 0) is 42.8 Å². The second kappa shape index (κ2) is 6.13. The van der Waals surface area contributed by atoms with E-state index in [9.17, 15) is 13.6 Å². The van der Waals surface area contributed by atoms with Crippen molar-refractivity contribution < 1.29 is 13.6 Å². The first kappa shape index (κ1) is 14.7. The molecule has 0 saturated carbocycles. The number of carbonyl (C=O) groups excluding carboxylic acids is 1. The van der Waals surface area contributed by atoms with Crippen molar-refractivity contribution in [2.45, 2.75) is 13.5 Å². The molecule has 0 aromatic heterocycles. The highest BCUT2D eigenvalue weighted by Crippen LogP contribution is 2.17. The molecule has 2 rings (SSSR count). The summed E-state index contributed by atoms with van der Waals surface area (Å²) in [6.07, 6.45) is 0. The summed E-state index contributed by atoms with van der Waals surface area (Å²) >= 11 is 3.34. The molecule has 0 radical (unpaired) electrons. The minimum Gasteiger partial charge on any atom is -0.348 e. The van der Waals surface area contributed by atoms with Crippen LogP contribution in [0.25, 0.3) is 0 Å². The lowest BCUT2D eigenvalue weighted by atomic mass is 10.1. The van der Waals surface area contributed by atoms with Gasteiger partial charge in [0.25, 0.3) is 5.91 Å². The van der Waals surface area contributed by atoms with Crippen LogP contribution < -0.4 is 5.32 Å². The summed E-state index contributed by atoms with van der Waals surface area (Å²) in [5.41, 5.74) is 1.58. The molecule has 0 bridgehead atoms. The fourth-order valence-electron chi connectivity index (χ4n) is 1.69. The molecule has 5 heteroatoms. The molecule has 0 atom stereocenters. The molecule has 0 aliphatic heterocycles. The Balaban J connectivity index is 2.08. The molecule has 0 fully saturated rings. The van der Waals surface area contributed by atoms with Gasteiger partial charge in [0.15, 0.2) is 0 Å². The van der Waals surface area contributed by atoms with E-state index in [4.69, 9.17) is 0 Å². The zero-order chi connectivity index (χ0) is 14.7. The third-order valence-corrected chi connectivity index (χ3v) is 3.74. The standard InChI is InChI=1S/C15H12BrF2NO/c1-9-2-3-10(7-13(9)16)15(20)19-8-11-6-12(17)4-5-14(11)18/h2-7H,8H2,1H3,(H,19,20). The van der Waals surface area contributed by atoms with E-state index in [-0.39, 0.29) is 18.0 Å². The summed E-state index contributed by atoms with van der Waals surface area (Å²) in [4.78, 5) is 11.9. The molecule has 20 heavy (non-hydrogen) atoms. The fourth-order valence-corrected chi connectivity index (χ4v) is 2.07. The monoisotopic (exact) mass is 339 g/mol. The number of hydrogen-bond donors (Lipinski definition) is 1. The molecule has 0 aliphatic rings. The first-order chi connectivity index (χ1) is 9.47. The van der Waals surface area contributed by atoms with E-state index in [1.807, 2.05) is 13.0 Å². The Bertz CT molecular complexity index is 658. The van der Waals surface area contributed by atoms with Crippen molar-refractivity contribution in [2.24, 2.45) is 0 Å². The van der Waals surface area contributed by atoms with Crippen molar-refractivity contribution in [3.8, 4) is 0 Å². The van der Waals surface area contributed by atoms with Gasteiger partial charge in [0, 0.05) is 22.1 Å². The predicted octanol–water partition coefficient (Wildman–Crippen LogP) is 3.97. The van der Waals surface area contributed by atoms with Crippen LogP contribution in [0.3, 0.4) is 0 Å². The van der Waals surface area contributed by atoms with Crippen LogP contribution in [0.1, 0.15) is 21.5 Å². The third-order valence-electron chi connectivity index (χ3n) is 2.88. The van der Waals surface area contributed by atoms with Crippen molar-refractivity contribution in [3.63, 3.8) is 0 Å². The van der Waals surface area contributed by atoms with Gasteiger partial charge in [0.1, 0.15) is 11.6 Å². The van der Waals surface area contributed by atoms with E-state index in [0.29, 0.717) is 5.56 Å². The average Bonchev–Trinajstić information content (AvgIpc) is 2.42. The topological polar surface area (TPSA) is 29.1 Å². The highest BCUT2D eigenvalue weighted by atomic mass is 79.9. The summed E-state index contributed by atoms with van der Waals surface area (Å²) < 4.78 is 27.2. The number of amides is 1. The average molecular weight is 340 g/mol. The van der Waals surface area contributed by atoms with Gasteiger partial charge < -0.3 is 5.32 Å². The molecule has 2 aromatic carbocycles. The lowest BCUT2D eigenvalue weighted by Gasteiger charge is -2.08. The van der Waals surface area contributed by atoms with Crippen LogP contribution in [0.4, 0.5) is 8.78 Å². The molecular weight excluding hydrogens is 328 g/mol. The van der Waals surface area contributed by atoms with Crippen LogP contribution in [0.5, 0.6) is 0 Å². The number of halogens is 3. The number of hydrogen-bond acceptors (Lipinski definition) is 1. The van der Waals surface area contributed by atoms with Crippen LogP contribution in [-0.4, -0.2) is 5.91 Å². The van der Waals surface area contributed by atoms with E-state index >= 15 is 0 Å². The molecule has 0 aliphatic carbocycles. The van der Waals surface area contributed by atoms with Gasteiger partial charge in [0.05, 0.1) is 0 Å². The van der Waals surface area contributed by atoms with Crippen molar-refractivity contribution in [3.05, 3.63) is 69.2 Å². The minimum absolute atomic E-state index is 0.0616. The van der Waals surface area contributed by atoms with Gasteiger partial charge in [-0.3, -0.25) is 4.79 Å². The minimum atomic E-state index is -0.545. The summed E-state index contributed by atoms with van der Waals surface area (Å²) in [7, 11) is 0. The Morgan fingerprint density at radius 2 is 1.95 bits per heavy atom. The van der Waals surface area contributed by atoms with Gasteiger partial charge in [-0.1, -0.05) is 22.0 Å². The van der Waals surface area contributed by atoms with Gasteiger partial charge >= 0.3 is 0 Å². The first-order valence-corrected chi connectivity index (χ1v) is 6.75. The highest BCUT2D eigenvalue weighted by Gasteiger charge is 2.09. The van der Waals surface area contributed by atoms with Gasteiger partial charge in [-0.25, -0.2) is 8.78 Å². The molecule has 0 saturated heterocycles. The van der Waals surface area contributed by atoms with E-state index < -0.39 is 11.6 Å². The van der Waals surface area contributed by atoms with Crippen LogP contribution >= 0.6 is 15.9 Å². The number of rotatable bonds is 3. The Morgan fingerprint density at radius 3 is 2.65 bits per heavy atom. The quantitative estimate of drug-likeness (QED) is 0.900. The number of nitrogens with one attached hydrogen (secondary N) is 1. The Kier molecular flexibility index (Phi) is 4.49. The molecular formula is C15H12BrF2NO. The predicted molar refractivity (Wildman–Crippen MR) is 76.4 cm³/mol.